The average molecular weight is 471 g/mol. The molecule has 1 heteroatoms. The van der Waals surface area contributed by atoms with Gasteiger partial charge in [-0.1, -0.05) is 119 Å². The van der Waals surface area contributed by atoms with Gasteiger partial charge in [0, 0.05) is 4.47 Å². The fraction of sp³-hybridized carbons (Fsp3) is 0.0323. The molecule has 32 heavy (non-hydrogen) atoms. The van der Waals surface area contributed by atoms with E-state index in [1.807, 2.05) is 0 Å². The first-order chi connectivity index (χ1) is 15.8. The van der Waals surface area contributed by atoms with Crippen LogP contribution in [0.15, 0.2) is 120 Å². The summed E-state index contributed by atoms with van der Waals surface area (Å²) >= 11 is 3.72. The third kappa shape index (κ3) is 2.17. The van der Waals surface area contributed by atoms with Crippen LogP contribution in [0.4, 0.5) is 0 Å². The Bertz CT molecular complexity index is 1530. The molecule has 1 spiro atoms. The molecule has 2 aliphatic carbocycles. The maximum atomic E-state index is 3.72. The summed E-state index contributed by atoms with van der Waals surface area (Å²) in [5.74, 6) is 0. The topological polar surface area (TPSA) is 0 Å². The lowest BCUT2D eigenvalue weighted by Gasteiger charge is -2.30. The largest absolute Gasteiger partial charge is 0.0725 e. The molecule has 0 N–H and O–H groups in total. The highest BCUT2D eigenvalue weighted by atomic mass is 79.9. The minimum atomic E-state index is -0.288. The van der Waals surface area contributed by atoms with E-state index < -0.39 is 0 Å². The molecule has 0 saturated carbocycles. The zero-order valence-electron chi connectivity index (χ0n) is 17.3. The Morgan fingerprint density at radius 3 is 1.84 bits per heavy atom. The quantitative estimate of drug-likeness (QED) is 0.225. The van der Waals surface area contributed by atoms with Gasteiger partial charge in [0.1, 0.15) is 0 Å². The van der Waals surface area contributed by atoms with Crippen LogP contribution in [0.5, 0.6) is 0 Å². The second-order valence-corrected chi connectivity index (χ2v) is 9.54. The monoisotopic (exact) mass is 470 g/mol. The van der Waals surface area contributed by atoms with Crippen LogP contribution in [0.1, 0.15) is 22.3 Å². The van der Waals surface area contributed by atoms with Crippen molar-refractivity contribution in [2.75, 3.05) is 0 Å². The van der Waals surface area contributed by atoms with Gasteiger partial charge in [-0.3, -0.25) is 0 Å². The summed E-state index contributed by atoms with van der Waals surface area (Å²) in [5.41, 5.74) is 13.1. The standard InChI is InChI=1S/C31H19Br/c32-21-17-18-28-25(19-21)23-11-4-6-14-26(23)31(28)27-15-7-5-12-24(27)30-22(13-8-16-29(30)31)20-9-2-1-3-10-20/h1-19H. The molecule has 150 valence electrons. The summed E-state index contributed by atoms with van der Waals surface area (Å²) in [7, 11) is 0. The van der Waals surface area contributed by atoms with Crippen molar-refractivity contribution >= 4 is 15.9 Å². The van der Waals surface area contributed by atoms with E-state index in [1.165, 1.54) is 55.6 Å². The Kier molecular flexibility index (Phi) is 3.72. The lowest BCUT2D eigenvalue weighted by Crippen LogP contribution is -2.25. The van der Waals surface area contributed by atoms with Gasteiger partial charge in [-0.15, -0.1) is 0 Å². The predicted octanol–water partition coefficient (Wildman–Crippen LogP) is 8.46. The van der Waals surface area contributed by atoms with Crippen molar-refractivity contribution in [2.45, 2.75) is 5.41 Å². The van der Waals surface area contributed by atoms with Gasteiger partial charge in [0.15, 0.2) is 0 Å². The van der Waals surface area contributed by atoms with Crippen LogP contribution in [-0.2, 0) is 5.41 Å². The highest BCUT2D eigenvalue weighted by molar-refractivity contribution is 9.10. The summed E-state index contributed by atoms with van der Waals surface area (Å²) < 4.78 is 1.12. The Morgan fingerprint density at radius 2 is 1.03 bits per heavy atom. The van der Waals surface area contributed by atoms with Crippen molar-refractivity contribution in [3.63, 3.8) is 0 Å². The molecule has 5 aromatic carbocycles. The van der Waals surface area contributed by atoms with E-state index in [-0.39, 0.29) is 5.41 Å². The summed E-state index contributed by atoms with van der Waals surface area (Å²) in [6.45, 7) is 0. The van der Waals surface area contributed by atoms with E-state index >= 15 is 0 Å². The minimum absolute atomic E-state index is 0.288. The summed E-state index contributed by atoms with van der Waals surface area (Å²) in [6.07, 6.45) is 0. The number of halogens is 1. The minimum Gasteiger partial charge on any atom is -0.0622 e. The van der Waals surface area contributed by atoms with Crippen molar-refractivity contribution < 1.29 is 0 Å². The molecule has 0 fully saturated rings. The lowest BCUT2D eigenvalue weighted by molar-refractivity contribution is 0.794. The van der Waals surface area contributed by atoms with E-state index in [2.05, 4.69) is 131 Å². The number of hydrogen-bond donors (Lipinski definition) is 0. The van der Waals surface area contributed by atoms with E-state index in [0.29, 0.717) is 0 Å². The zero-order chi connectivity index (χ0) is 21.3. The van der Waals surface area contributed by atoms with Crippen molar-refractivity contribution in [1.29, 1.82) is 0 Å². The highest BCUT2D eigenvalue weighted by Gasteiger charge is 2.51. The number of hydrogen-bond acceptors (Lipinski definition) is 0. The van der Waals surface area contributed by atoms with Gasteiger partial charge in [-0.2, -0.15) is 0 Å². The van der Waals surface area contributed by atoms with Crippen LogP contribution in [0.3, 0.4) is 0 Å². The predicted molar refractivity (Wildman–Crippen MR) is 136 cm³/mol. The Balaban J connectivity index is 1.68. The molecular formula is C31H19Br. The maximum Gasteiger partial charge on any atom is 0.0725 e. The molecule has 0 aromatic heterocycles. The van der Waals surface area contributed by atoms with Gasteiger partial charge < -0.3 is 0 Å². The Labute approximate surface area is 196 Å². The number of rotatable bonds is 1. The fourth-order valence-corrected chi connectivity index (χ4v) is 6.38. The fourth-order valence-electron chi connectivity index (χ4n) is 6.02. The molecule has 5 aromatic rings. The van der Waals surface area contributed by atoms with Crippen LogP contribution in [0.2, 0.25) is 0 Å². The van der Waals surface area contributed by atoms with Crippen molar-refractivity contribution in [2.24, 2.45) is 0 Å². The van der Waals surface area contributed by atoms with Crippen LogP contribution in [-0.4, -0.2) is 0 Å². The van der Waals surface area contributed by atoms with Gasteiger partial charge in [0.2, 0.25) is 0 Å². The lowest BCUT2D eigenvalue weighted by atomic mass is 9.70. The Morgan fingerprint density at radius 1 is 0.438 bits per heavy atom. The molecule has 7 rings (SSSR count). The first-order valence-electron chi connectivity index (χ1n) is 11.0. The summed E-state index contributed by atoms with van der Waals surface area (Å²) in [4.78, 5) is 0. The van der Waals surface area contributed by atoms with Crippen LogP contribution in [0.25, 0.3) is 33.4 Å². The summed E-state index contributed by atoms with van der Waals surface area (Å²) in [6, 6.07) is 42.3. The number of fused-ring (bicyclic) bond motifs is 10. The molecular weight excluding hydrogens is 452 g/mol. The van der Waals surface area contributed by atoms with Gasteiger partial charge in [0.25, 0.3) is 0 Å². The molecule has 0 aliphatic heterocycles. The van der Waals surface area contributed by atoms with Gasteiger partial charge in [-0.25, -0.2) is 0 Å². The van der Waals surface area contributed by atoms with Gasteiger partial charge in [-0.05, 0) is 67.8 Å². The first kappa shape index (κ1) is 18.2. The smallest absolute Gasteiger partial charge is 0.0622 e. The molecule has 0 radical (unpaired) electrons. The molecule has 0 amide bonds. The van der Waals surface area contributed by atoms with Crippen molar-refractivity contribution in [1.82, 2.24) is 0 Å². The van der Waals surface area contributed by atoms with E-state index in [0.717, 1.165) is 4.47 Å². The number of benzene rings is 5. The van der Waals surface area contributed by atoms with Crippen LogP contribution in [0, 0.1) is 0 Å². The first-order valence-corrected chi connectivity index (χ1v) is 11.8. The van der Waals surface area contributed by atoms with E-state index in [4.69, 9.17) is 0 Å². The molecule has 1 atom stereocenters. The zero-order valence-corrected chi connectivity index (χ0v) is 18.9. The highest BCUT2D eigenvalue weighted by Crippen LogP contribution is 2.64. The third-order valence-corrected chi connectivity index (χ3v) is 7.65. The second kappa shape index (κ2) is 6.54. The molecule has 0 saturated heterocycles. The summed E-state index contributed by atoms with van der Waals surface area (Å²) in [5, 5.41) is 0. The Hall–Kier alpha value is -3.42. The molecule has 0 nitrogen and oxygen atoms in total. The SMILES string of the molecule is Brc1ccc2c(c1)-c1ccccc1C21c2ccccc2-c2c(-c3ccccc3)cccc21. The maximum absolute atomic E-state index is 3.72. The van der Waals surface area contributed by atoms with Crippen molar-refractivity contribution in [3.05, 3.63) is 142 Å². The van der Waals surface area contributed by atoms with Crippen LogP contribution >= 0.6 is 15.9 Å². The average Bonchev–Trinajstić information content (AvgIpc) is 3.31. The molecule has 1 unspecified atom stereocenters. The van der Waals surface area contributed by atoms with Crippen LogP contribution < -0.4 is 0 Å². The van der Waals surface area contributed by atoms with E-state index in [9.17, 15) is 0 Å². The van der Waals surface area contributed by atoms with E-state index in [1.54, 1.807) is 0 Å². The third-order valence-electron chi connectivity index (χ3n) is 7.16. The molecule has 0 heterocycles. The normalized spacial score (nSPS) is 17.0. The second-order valence-electron chi connectivity index (χ2n) is 8.63. The van der Waals surface area contributed by atoms with Gasteiger partial charge in [0.05, 0.1) is 5.41 Å². The molecule has 2 aliphatic rings. The van der Waals surface area contributed by atoms with Crippen molar-refractivity contribution in [3.8, 4) is 33.4 Å². The van der Waals surface area contributed by atoms with Gasteiger partial charge >= 0.3 is 0 Å². The molecule has 0 bridgehead atoms.